The lowest BCUT2D eigenvalue weighted by atomic mass is 10.2. The van der Waals surface area contributed by atoms with Crippen molar-refractivity contribution in [3.8, 4) is 0 Å². The zero-order valence-electron chi connectivity index (χ0n) is 20.2. The maximum absolute atomic E-state index is 5.47. The first-order chi connectivity index (χ1) is 17.8. The van der Waals surface area contributed by atoms with E-state index in [1.165, 1.54) is 11.4 Å². The number of rotatable bonds is 6. The van der Waals surface area contributed by atoms with Crippen LogP contribution in [0.25, 0.3) is 11.0 Å². The normalized spacial score (nSPS) is 16.2. The molecule has 1 aromatic heterocycles. The second-order valence-electron chi connectivity index (χ2n) is 8.95. The topological polar surface area (TPSA) is 74.8 Å². The minimum atomic E-state index is 0.685. The summed E-state index contributed by atoms with van der Waals surface area (Å²) in [6.45, 7) is 6.76. The SMILES string of the molecule is c1ccc2nc(Nc3ccc(N4CCOCC4)cc3)c(Nc3ccc(N4CCOCC4)cc3)nc2c1. The highest BCUT2D eigenvalue weighted by Gasteiger charge is 2.14. The van der Waals surface area contributed by atoms with Crippen molar-refractivity contribution in [2.45, 2.75) is 0 Å². The van der Waals surface area contributed by atoms with E-state index in [0.717, 1.165) is 75.0 Å². The third kappa shape index (κ3) is 5.05. The fourth-order valence-corrected chi connectivity index (χ4v) is 4.60. The number of anilines is 6. The van der Waals surface area contributed by atoms with Crippen LogP contribution in [-0.2, 0) is 9.47 Å². The predicted octanol–water partition coefficient (Wildman–Crippen LogP) is 4.79. The molecule has 2 aliphatic rings. The first-order valence-corrected chi connectivity index (χ1v) is 12.5. The molecule has 0 unspecified atom stereocenters. The standard InChI is InChI=1S/C28H30N6O2/c1-2-4-26-25(3-1)31-27(29-21-5-9-23(10-6-21)33-13-17-35-18-14-33)28(32-26)30-22-7-11-24(12-8-22)34-15-19-36-20-16-34/h1-12H,13-20H2,(H,29,31)(H,30,32). The monoisotopic (exact) mass is 482 g/mol. The summed E-state index contributed by atoms with van der Waals surface area (Å²) in [5, 5.41) is 6.95. The minimum Gasteiger partial charge on any atom is -0.378 e. The number of hydrogen-bond donors (Lipinski definition) is 2. The second kappa shape index (κ2) is 10.4. The summed E-state index contributed by atoms with van der Waals surface area (Å²) >= 11 is 0. The van der Waals surface area contributed by atoms with Crippen LogP contribution in [0.15, 0.2) is 72.8 Å². The fourth-order valence-electron chi connectivity index (χ4n) is 4.60. The molecule has 2 N–H and O–H groups in total. The van der Waals surface area contributed by atoms with Crippen molar-refractivity contribution in [2.24, 2.45) is 0 Å². The Labute approximate surface area is 210 Å². The molecule has 0 spiro atoms. The van der Waals surface area contributed by atoms with Gasteiger partial charge in [0, 0.05) is 48.9 Å². The Hall–Kier alpha value is -3.88. The number of aromatic nitrogens is 2. The second-order valence-corrected chi connectivity index (χ2v) is 8.95. The molecule has 8 heteroatoms. The van der Waals surface area contributed by atoms with Crippen molar-refractivity contribution in [1.82, 2.24) is 9.97 Å². The van der Waals surface area contributed by atoms with Crippen LogP contribution in [0.3, 0.4) is 0 Å². The van der Waals surface area contributed by atoms with E-state index in [9.17, 15) is 0 Å². The number of ether oxygens (including phenoxy) is 2. The molecule has 6 rings (SSSR count). The first-order valence-electron chi connectivity index (χ1n) is 12.5. The summed E-state index contributed by atoms with van der Waals surface area (Å²) < 4.78 is 10.9. The van der Waals surface area contributed by atoms with Gasteiger partial charge >= 0.3 is 0 Å². The smallest absolute Gasteiger partial charge is 0.174 e. The van der Waals surface area contributed by atoms with Crippen molar-refractivity contribution >= 4 is 45.4 Å². The molecule has 3 aromatic carbocycles. The lowest BCUT2D eigenvalue weighted by Gasteiger charge is -2.29. The van der Waals surface area contributed by atoms with Gasteiger partial charge in [0.25, 0.3) is 0 Å². The van der Waals surface area contributed by atoms with Gasteiger partial charge in [0.2, 0.25) is 0 Å². The van der Waals surface area contributed by atoms with Gasteiger partial charge in [-0.15, -0.1) is 0 Å². The molecule has 0 amide bonds. The molecule has 2 saturated heterocycles. The van der Waals surface area contributed by atoms with Crippen molar-refractivity contribution in [2.75, 3.05) is 73.0 Å². The van der Waals surface area contributed by atoms with Crippen LogP contribution < -0.4 is 20.4 Å². The molecule has 0 atom stereocenters. The van der Waals surface area contributed by atoms with E-state index in [-0.39, 0.29) is 0 Å². The molecule has 184 valence electrons. The lowest BCUT2D eigenvalue weighted by Crippen LogP contribution is -2.36. The molecule has 3 heterocycles. The van der Waals surface area contributed by atoms with E-state index in [1.807, 2.05) is 24.3 Å². The van der Waals surface area contributed by atoms with Crippen LogP contribution in [0.4, 0.5) is 34.4 Å². The molecule has 2 fully saturated rings. The maximum atomic E-state index is 5.47. The van der Waals surface area contributed by atoms with Crippen LogP contribution in [0, 0.1) is 0 Å². The van der Waals surface area contributed by atoms with Gasteiger partial charge in [-0.1, -0.05) is 12.1 Å². The van der Waals surface area contributed by atoms with E-state index in [4.69, 9.17) is 19.4 Å². The Bertz CT molecular complexity index is 1200. The van der Waals surface area contributed by atoms with Crippen LogP contribution in [0.5, 0.6) is 0 Å². The van der Waals surface area contributed by atoms with Gasteiger partial charge in [0.1, 0.15) is 0 Å². The van der Waals surface area contributed by atoms with Crippen molar-refractivity contribution < 1.29 is 9.47 Å². The summed E-state index contributed by atoms with van der Waals surface area (Å²) in [6.07, 6.45) is 0. The average Bonchev–Trinajstić information content (AvgIpc) is 2.95. The van der Waals surface area contributed by atoms with Crippen LogP contribution in [0.2, 0.25) is 0 Å². The summed E-state index contributed by atoms with van der Waals surface area (Å²) in [5.74, 6) is 1.37. The van der Waals surface area contributed by atoms with Crippen molar-refractivity contribution in [3.63, 3.8) is 0 Å². The number of morpholine rings is 2. The maximum Gasteiger partial charge on any atom is 0.174 e. The van der Waals surface area contributed by atoms with Crippen LogP contribution >= 0.6 is 0 Å². The highest BCUT2D eigenvalue weighted by Crippen LogP contribution is 2.29. The Kier molecular flexibility index (Phi) is 6.52. The van der Waals surface area contributed by atoms with Gasteiger partial charge in [-0.25, -0.2) is 9.97 Å². The predicted molar refractivity (Wildman–Crippen MR) is 145 cm³/mol. The van der Waals surface area contributed by atoms with E-state index < -0.39 is 0 Å². The number of nitrogens with zero attached hydrogens (tertiary/aromatic N) is 4. The Morgan fingerprint density at radius 2 is 0.917 bits per heavy atom. The molecule has 8 nitrogen and oxygen atoms in total. The van der Waals surface area contributed by atoms with Crippen molar-refractivity contribution in [1.29, 1.82) is 0 Å². The van der Waals surface area contributed by atoms with Gasteiger partial charge in [-0.05, 0) is 60.7 Å². The quantitative estimate of drug-likeness (QED) is 0.406. The third-order valence-corrected chi connectivity index (χ3v) is 6.58. The Morgan fingerprint density at radius 3 is 1.31 bits per heavy atom. The van der Waals surface area contributed by atoms with Gasteiger partial charge < -0.3 is 29.9 Å². The minimum absolute atomic E-state index is 0.685. The van der Waals surface area contributed by atoms with Crippen LogP contribution in [0.1, 0.15) is 0 Å². The molecule has 0 radical (unpaired) electrons. The van der Waals surface area contributed by atoms with E-state index in [2.05, 4.69) is 69.0 Å². The van der Waals surface area contributed by atoms with Crippen molar-refractivity contribution in [3.05, 3.63) is 72.8 Å². The van der Waals surface area contributed by atoms with E-state index >= 15 is 0 Å². The number of para-hydroxylation sites is 2. The molecule has 4 aromatic rings. The zero-order chi connectivity index (χ0) is 24.2. The molecule has 36 heavy (non-hydrogen) atoms. The number of nitrogens with one attached hydrogen (secondary N) is 2. The van der Waals surface area contributed by atoms with Gasteiger partial charge in [0.05, 0.1) is 37.5 Å². The summed E-state index contributed by atoms with van der Waals surface area (Å²) in [5.41, 5.74) is 6.01. The fraction of sp³-hybridized carbons (Fsp3) is 0.286. The molecule has 0 bridgehead atoms. The van der Waals surface area contributed by atoms with Crippen LogP contribution in [-0.4, -0.2) is 62.6 Å². The van der Waals surface area contributed by atoms with Gasteiger partial charge in [0.15, 0.2) is 11.6 Å². The highest BCUT2D eigenvalue weighted by molar-refractivity contribution is 5.83. The van der Waals surface area contributed by atoms with E-state index in [1.54, 1.807) is 0 Å². The number of fused-ring (bicyclic) bond motifs is 1. The van der Waals surface area contributed by atoms with E-state index in [0.29, 0.717) is 11.6 Å². The molecular weight excluding hydrogens is 452 g/mol. The summed E-state index contributed by atoms with van der Waals surface area (Å²) in [7, 11) is 0. The molecular formula is C28H30N6O2. The van der Waals surface area contributed by atoms with Gasteiger partial charge in [-0.3, -0.25) is 0 Å². The lowest BCUT2D eigenvalue weighted by molar-refractivity contribution is 0.122. The largest absolute Gasteiger partial charge is 0.378 e. The molecule has 0 saturated carbocycles. The average molecular weight is 483 g/mol. The third-order valence-electron chi connectivity index (χ3n) is 6.58. The molecule has 2 aliphatic heterocycles. The summed E-state index contributed by atoms with van der Waals surface area (Å²) in [4.78, 5) is 14.5. The Balaban J connectivity index is 1.24. The summed E-state index contributed by atoms with van der Waals surface area (Å²) in [6, 6.07) is 24.8. The zero-order valence-corrected chi connectivity index (χ0v) is 20.2. The molecule has 0 aliphatic carbocycles. The number of benzene rings is 3. The Morgan fingerprint density at radius 1 is 0.528 bits per heavy atom. The number of hydrogen-bond acceptors (Lipinski definition) is 8. The highest BCUT2D eigenvalue weighted by atomic mass is 16.5. The van der Waals surface area contributed by atoms with Gasteiger partial charge in [-0.2, -0.15) is 0 Å². The first kappa shape index (κ1) is 22.6.